The highest BCUT2D eigenvalue weighted by Gasteiger charge is 2.11. The molecule has 2 N–H and O–H groups in total. The van der Waals surface area contributed by atoms with Crippen LogP contribution in [0.2, 0.25) is 5.02 Å². The second-order valence-electron chi connectivity index (χ2n) is 5.93. The second kappa shape index (κ2) is 7.97. The van der Waals surface area contributed by atoms with E-state index in [1.807, 2.05) is 13.0 Å². The van der Waals surface area contributed by atoms with Crippen LogP contribution in [0.4, 0.5) is 17.2 Å². The van der Waals surface area contributed by atoms with Crippen LogP contribution in [0.25, 0.3) is 0 Å². The van der Waals surface area contributed by atoms with Crippen molar-refractivity contribution in [3.63, 3.8) is 0 Å². The number of halogens is 1. The summed E-state index contributed by atoms with van der Waals surface area (Å²) in [7, 11) is 0. The van der Waals surface area contributed by atoms with Crippen molar-refractivity contribution >= 4 is 40.5 Å². The second-order valence-corrected chi connectivity index (χ2v) is 6.34. The number of carbonyl (C=O) groups excluding carboxylic acids is 2. The van der Waals surface area contributed by atoms with Gasteiger partial charge < -0.3 is 10.6 Å². The summed E-state index contributed by atoms with van der Waals surface area (Å²) in [6.45, 7) is 3.33. The monoisotopic (exact) mass is 380 g/mol. The lowest BCUT2D eigenvalue weighted by molar-refractivity contribution is 0.101. The fourth-order valence-electron chi connectivity index (χ4n) is 2.41. The van der Waals surface area contributed by atoms with Gasteiger partial charge in [0.25, 0.3) is 5.91 Å². The molecular weight excluding hydrogens is 364 g/mol. The number of hydrogen-bond acceptors (Lipinski definition) is 5. The summed E-state index contributed by atoms with van der Waals surface area (Å²) < 4.78 is 0. The Morgan fingerprint density at radius 1 is 1.00 bits per heavy atom. The van der Waals surface area contributed by atoms with Gasteiger partial charge in [0.15, 0.2) is 17.3 Å². The van der Waals surface area contributed by atoms with Gasteiger partial charge in [-0.3, -0.25) is 9.59 Å². The summed E-state index contributed by atoms with van der Waals surface area (Å²) in [6, 6.07) is 15.6. The lowest BCUT2D eigenvalue weighted by Crippen LogP contribution is -2.15. The van der Waals surface area contributed by atoms with Crippen LogP contribution in [0.15, 0.2) is 54.6 Å². The van der Waals surface area contributed by atoms with Crippen molar-refractivity contribution in [1.82, 2.24) is 10.2 Å². The number of carbonyl (C=O) groups is 2. The third kappa shape index (κ3) is 4.48. The third-order valence-corrected chi connectivity index (χ3v) is 4.36. The number of benzene rings is 2. The number of aromatic nitrogens is 2. The minimum Gasteiger partial charge on any atom is -0.339 e. The molecule has 0 aliphatic rings. The number of anilines is 3. The SMILES string of the molecule is CC(=O)c1cccc(Nc2ccc(C(=O)Nc3cccc(Cl)c3C)nn2)c1. The summed E-state index contributed by atoms with van der Waals surface area (Å²) >= 11 is 6.06. The van der Waals surface area contributed by atoms with Crippen LogP contribution in [-0.4, -0.2) is 21.9 Å². The first-order valence-corrected chi connectivity index (χ1v) is 8.60. The van der Waals surface area contributed by atoms with E-state index >= 15 is 0 Å². The maximum absolute atomic E-state index is 12.4. The summed E-state index contributed by atoms with van der Waals surface area (Å²) in [5, 5.41) is 14.4. The summed E-state index contributed by atoms with van der Waals surface area (Å²) in [5.74, 6) is 0.0669. The number of hydrogen-bond donors (Lipinski definition) is 2. The molecule has 3 rings (SSSR count). The Hall–Kier alpha value is -3.25. The molecular formula is C20H17ClN4O2. The Morgan fingerprint density at radius 2 is 1.78 bits per heavy atom. The van der Waals surface area contributed by atoms with Gasteiger partial charge >= 0.3 is 0 Å². The Balaban J connectivity index is 1.71. The highest BCUT2D eigenvalue weighted by Crippen LogP contribution is 2.23. The van der Waals surface area contributed by atoms with Gasteiger partial charge in [-0.2, -0.15) is 0 Å². The molecule has 1 amide bonds. The van der Waals surface area contributed by atoms with Gasteiger partial charge in [0.1, 0.15) is 0 Å². The number of rotatable bonds is 5. The van der Waals surface area contributed by atoms with E-state index in [-0.39, 0.29) is 17.4 Å². The molecule has 0 aliphatic heterocycles. The van der Waals surface area contributed by atoms with Gasteiger partial charge in [0.05, 0.1) is 0 Å². The number of amides is 1. The number of ketones is 1. The van der Waals surface area contributed by atoms with E-state index in [9.17, 15) is 9.59 Å². The van der Waals surface area contributed by atoms with E-state index in [1.165, 1.54) is 6.92 Å². The minimum absolute atomic E-state index is 0.0203. The molecule has 136 valence electrons. The van der Waals surface area contributed by atoms with Crippen molar-refractivity contribution < 1.29 is 9.59 Å². The van der Waals surface area contributed by atoms with Gasteiger partial charge in [-0.15, -0.1) is 10.2 Å². The topological polar surface area (TPSA) is 84.0 Å². The minimum atomic E-state index is -0.377. The lowest BCUT2D eigenvalue weighted by atomic mass is 10.1. The van der Waals surface area contributed by atoms with Crippen LogP contribution < -0.4 is 10.6 Å². The van der Waals surface area contributed by atoms with Gasteiger partial charge in [-0.1, -0.05) is 29.8 Å². The van der Waals surface area contributed by atoms with E-state index < -0.39 is 0 Å². The van der Waals surface area contributed by atoms with Crippen LogP contribution in [0.5, 0.6) is 0 Å². The molecule has 1 aromatic heterocycles. The van der Waals surface area contributed by atoms with Crippen LogP contribution in [-0.2, 0) is 0 Å². The number of Topliss-reactive ketones (excluding diaryl/α,β-unsaturated/α-hetero) is 1. The molecule has 0 unspecified atom stereocenters. The Morgan fingerprint density at radius 3 is 2.48 bits per heavy atom. The molecule has 6 nitrogen and oxygen atoms in total. The van der Waals surface area contributed by atoms with Crippen molar-refractivity contribution in [1.29, 1.82) is 0 Å². The van der Waals surface area contributed by atoms with Crippen molar-refractivity contribution in [2.75, 3.05) is 10.6 Å². The van der Waals surface area contributed by atoms with Crippen LogP contribution in [0, 0.1) is 6.92 Å². The normalized spacial score (nSPS) is 10.3. The maximum atomic E-state index is 12.4. The van der Waals surface area contributed by atoms with Crippen LogP contribution >= 0.6 is 11.6 Å². The average molecular weight is 381 g/mol. The van der Waals surface area contributed by atoms with Crippen LogP contribution in [0.1, 0.15) is 33.3 Å². The molecule has 2 aromatic carbocycles. The van der Waals surface area contributed by atoms with Gasteiger partial charge in [0, 0.05) is 22.0 Å². The zero-order chi connectivity index (χ0) is 19.4. The Bertz CT molecular complexity index is 1000. The standard InChI is InChI=1S/C20H17ClN4O2/c1-12-16(21)7-4-8-17(12)23-20(27)18-9-10-19(25-24-18)22-15-6-3-5-14(11-15)13(2)26/h3-11H,1-2H3,(H,22,25)(H,23,27). The molecule has 0 saturated carbocycles. The predicted octanol–water partition coefficient (Wildman–Crippen LogP) is 4.64. The molecule has 0 saturated heterocycles. The van der Waals surface area contributed by atoms with Gasteiger partial charge in [0.2, 0.25) is 0 Å². The zero-order valence-corrected chi connectivity index (χ0v) is 15.5. The highest BCUT2D eigenvalue weighted by molar-refractivity contribution is 6.31. The van der Waals surface area contributed by atoms with Crippen LogP contribution in [0.3, 0.4) is 0 Å². The zero-order valence-electron chi connectivity index (χ0n) is 14.8. The summed E-state index contributed by atoms with van der Waals surface area (Å²) in [6.07, 6.45) is 0. The first kappa shape index (κ1) is 18.5. The molecule has 3 aromatic rings. The number of nitrogens with one attached hydrogen (secondary N) is 2. The van der Waals surface area contributed by atoms with E-state index in [1.54, 1.807) is 48.5 Å². The van der Waals surface area contributed by atoms with Crippen molar-refractivity contribution in [2.45, 2.75) is 13.8 Å². The average Bonchev–Trinajstić information content (AvgIpc) is 2.66. The van der Waals surface area contributed by atoms with E-state index in [0.29, 0.717) is 27.8 Å². The van der Waals surface area contributed by atoms with E-state index in [0.717, 1.165) is 5.56 Å². The Labute approximate surface area is 161 Å². The first-order chi connectivity index (χ1) is 12.9. The number of nitrogens with zero attached hydrogens (tertiary/aromatic N) is 2. The van der Waals surface area contributed by atoms with E-state index in [4.69, 9.17) is 11.6 Å². The molecule has 0 spiro atoms. The molecule has 0 aliphatic carbocycles. The predicted molar refractivity (Wildman–Crippen MR) is 106 cm³/mol. The molecule has 0 fully saturated rings. The molecule has 27 heavy (non-hydrogen) atoms. The molecule has 7 heteroatoms. The fraction of sp³-hybridized carbons (Fsp3) is 0.100. The maximum Gasteiger partial charge on any atom is 0.276 e. The largest absolute Gasteiger partial charge is 0.339 e. The van der Waals surface area contributed by atoms with Crippen molar-refractivity contribution in [3.05, 3.63) is 76.4 Å². The summed E-state index contributed by atoms with van der Waals surface area (Å²) in [5.41, 5.74) is 2.89. The van der Waals surface area contributed by atoms with Gasteiger partial charge in [-0.05, 0) is 55.8 Å². The first-order valence-electron chi connectivity index (χ1n) is 8.22. The fourth-order valence-corrected chi connectivity index (χ4v) is 2.59. The quantitative estimate of drug-likeness (QED) is 0.630. The van der Waals surface area contributed by atoms with Crippen molar-refractivity contribution in [3.8, 4) is 0 Å². The van der Waals surface area contributed by atoms with Crippen molar-refractivity contribution in [2.24, 2.45) is 0 Å². The molecule has 0 bridgehead atoms. The summed E-state index contributed by atoms with van der Waals surface area (Å²) in [4.78, 5) is 23.8. The lowest BCUT2D eigenvalue weighted by Gasteiger charge is -2.09. The third-order valence-electron chi connectivity index (χ3n) is 3.95. The molecule has 0 atom stereocenters. The Kier molecular flexibility index (Phi) is 5.47. The smallest absolute Gasteiger partial charge is 0.276 e. The van der Waals surface area contributed by atoms with Gasteiger partial charge in [-0.25, -0.2) is 0 Å². The molecule has 1 heterocycles. The molecule has 0 radical (unpaired) electrons. The van der Waals surface area contributed by atoms with E-state index in [2.05, 4.69) is 20.8 Å². The highest BCUT2D eigenvalue weighted by atomic mass is 35.5.